The first kappa shape index (κ1) is 35.4. The van der Waals surface area contributed by atoms with Crippen LogP contribution in [0.1, 0.15) is 47.2 Å². The first-order valence-corrected chi connectivity index (χ1v) is 21.1. The molecule has 9 rings (SSSR count). The van der Waals surface area contributed by atoms with Crippen molar-refractivity contribution < 1.29 is 18.6 Å². The minimum Gasteiger partial charge on any atom is -0.453 e. The van der Waals surface area contributed by atoms with Gasteiger partial charge in [-0.05, 0) is 24.0 Å². The first-order chi connectivity index (χ1) is 25.3. The third kappa shape index (κ3) is 7.28. The molecule has 3 saturated heterocycles. The van der Waals surface area contributed by atoms with Crippen LogP contribution in [-0.2, 0) is 39.9 Å². The lowest BCUT2D eigenvalue weighted by Crippen LogP contribution is -2.46. The molecular weight excluding hydrogens is 716 g/mol. The summed E-state index contributed by atoms with van der Waals surface area (Å²) in [5.74, 6) is 4.54. The molecule has 10 nitrogen and oxygen atoms in total. The minimum atomic E-state index is -0.774. The van der Waals surface area contributed by atoms with Gasteiger partial charge in [0.2, 0.25) is 9.79 Å². The number of carbonyl (C=O) groups is 1. The van der Waals surface area contributed by atoms with Gasteiger partial charge in [0.05, 0.1) is 12.8 Å². The molecule has 0 aliphatic carbocycles. The van der Waals surface area contributed by atoms with E-state index in [0.717, 1.165) is 108 Å². The number of pyridine rings is 2. The zero-order valence-electron chi connectivity index (χ0n) is 29.3. The maximum atomic E-state index is 12.0. The van der Waals surface area contributed by atoms with Crippen LogP contribution in [0.4, 0.5) is 22.1 Å². The molecule has 0 spiro atoms. The number of piperidine rings is 1. The number of nitrogens with one attached hydrogen (secondary N) is 1. The number of aromatic nitrogens is 2. The number of methoxy groups -OCH3 is 1. The van der Waals surface area contributed by atoms with Gasteiger partial charge in [0.15, 0.2) is 33.9 Å². The van der Waals surface area contributed by atoms with Crippen molar-refractivity contribution in [2.75, 3.05) is 73.0 Å². The summed E-state index contributed by atoms with van der Waals surface area (Å²) in [6, 6.07) is 25.4. The van der Waals surface area contributed by atoms with E-state index in [4.69, 9.17) is 26.3 Å². The van der Waals surface area contributed by atoms with E-state index >= 15 is 0 Å². The number of carbonyl (C=O) groups excluding carboxylic acids is 1. The van der Waals surface area contributed by atoms with Gasteiger partial charge in [0.1, 0.15) is 28.0 Å². The average molecular weight is 761 g/mol. The lowest BCUT2D eigenvalue weighted by molar-refractivity contribution is 0.113. The Bertz CT molecular complexity index is 1900. The summed E-state index contributed by atoms with van der Waals surface area (Å²) in [7, 11) is 1.43. The number of halogens is 1. The van der Waals surface area contributed by atoms with Crippen molar-refractivity contribution in [2.24, 2.45) is 0 Å². The third-order valence-electron chi connectivity index (χ3n) is 10.7. The van der Waals surface area contributed by atoms with Crippen molar-refractivity contribution >= 4 is 57.4 Å². The fraction of sp³-hybridized carbons (Fsp3) is 0.410. The molecule has 2 unspecified atom stereocenters. The lowest BCUT2D eigenvalue weighted by Gasteiger charge is -2.41. The number of ether oxygens (including phenoxy) is 1. The average Bonchev–Trinajstić information content (AvgIpc) is 3.70. The second kappa shape index (κ2) is 15.4. The number of rotatable bonds is 6. The predicted octanol–water partition coefficient (Wildman–Crippen LogP) is 6.68. The van der Waals surface area contributed by atoms with Gasteiger partial charge in [0, 0.05) is 82.1 Å². The summed E-state index contributed by atoms with van der Waals surface area (Å²) < 4.78 is 25.5. The monoisotopic (exact) mass is 760 g/mol. The highest BCUT2D eigenvalue weighted by molar-refractivity contribution is 7.92. The molecule has 272 valence electrons. The van der Waals surface area contributed by atoms with Crippen LogP contribution in [0.15, 0.2) is 82.6 Å². The Morgan fingerprint density at radius 2 is 1.35 bits per heavy atom. The Hall–Kier alpha value is -3.68. The molecule has 0 radical (unpaired) electrons. The van der Waals surface area contributed by atoms with Gasteiger partial charge < -0.3 is 24.8 Å². The van der Waals surface area contributed by atoms with Crippen molar-refractivity contribution in [1.82, 2.24) is 14.9 Å². The summed E-state index contributed by atoms with van der Waals surface area (Å²) in [5, 5.41) is 4.31. The molecule has 3 atom stereocenters. The fourth-order valence-electron chi connectivity index (χ4n) is 7.79. The second-order valence-corrected chi connectivity index (χ2v) is 17.6. The van der Waals surface area contributed by atoms with Crippen molar-refractivity contribution in [3.05, 3.63) is 100 Å². The van der Waals surface area contributed by atoms with Crippen molar-refractivity contribution in [1.29, 1.82) is 0 Å². The van der Waals surface area contributed by atoms with Crippen LogP contribution in [0, 0.1) is 0 Å². The molecule has 52 heavy (non-hydrogen) atoms. The topological polar surface area (TPSA) is 114 Å². The summed E-state index contributed by atoms with van der Waals surface area (Å²) in [6.45, 7) is 5.22. The lowest BCUT2D eigenvalue weighted by atomic mass is 9.91. The number of amides is 1. The SMILES string of the molecule is COC(=O)N1CCC[C@@H](Nc2cc(N3CC(c4ccccc4)C3)nc3c2[S+](O)CC3)C1.O[S+]1CCc2nc(N3CC(c4ccccc4)C3)cc(Cl)c21. The van der Waals surface area contributed by atoms with E-state index in [9.17, 15) is 13.9 Å². The Balaban J connectivity index is 0.000000160. The van der Waals surface area contributed by atoms with Gasteiger partial charge in [-0.3, -0.25) is 0 Å². The zero-order valence-corrected chi connectivity index (χ0v) is 31.7. The number of benzene rings is 2. The Morgan fingerprint density at radius 1 is 0.808 bits per heavy atom. The smallest absolute Gasteiger partial charge is 0.409 e. The molecule has 7 heterocycles. The number of fused-ring (bicyclic) bond motifs is 2. The number of hydrogen-bond acceptors (Lipinski definition) is 9. The molecule has 5 aliphatic heterocycles. The number of aryl methyl sites for hydroxylation is 2. The number of anilines is 3. The molecule has 0 saturated carbocycles. The standard InChI is InChI=1S/C23H29N4O3S.C16H16ClN2OS/c1-30-23(28)26-10-5-8-18(15-26)24-20-12-21(25-19-9-11-31(29)22(19)20)27-13-17(14-27)16-6-3-2-4-7-16;17-13-8-15(18-14-6-7-21(20)16(13)14)19-9-12(10-19)11-4-2-1-3-5-11/h2-4,6-7,12,17-18,29H,5,8-11,13-15H2,1H3,(H,24,25);1-5,8,12,20H,6-7,9-10H2/q2*+1/t18-,31?;/m1./s1. The normalized spacial score (nSPS) is 22.5. The molecule has 2 aromatic heterocycles. The van der Waals surface area contributed by atoms with E-state index in [1.165, 1.54) is 18.2 Å². The molecule has 2 aromatic carbocycles. The van der Waals surface area contributed by atoms with E-state index in [-0.39, 0.29) is 12.1 Å². The highest BCUT2D eigenvalue weighted by Crippen LogP contribution is 2.39. The molecule has 3 fully saturated rings. The van der Waals surface area contributed by atoms with Gasteiger partial charge in [-0.1, -0.05) is 72.3 Å². The third-order valence-corrected chi connectivity index (χ3v) is 14.2. The van der Waals surface area contributed by atoms with Crippen molar-refractivity contribution in [2.45, 2.75) is 53.4 Å². The summed E-state index contributed by atoms with van der Waals surface area (Å²) in [4.78, 5) is 29.7. The summed E-state index contributed by atoms with van der Waals surface area (Å²) >= 11 is 4.84. The summed E-state index contributed by atoms with van der Waals surface area (Å²) in [5.41, 5.74) is 5.72. The highest BCUT2D eigenvalue weighted by Gasteiger charge is 2.40. The van der Waals surface area contributed by atoms with E-state index in [0.29, 0.717) is 23.4 Å². The number of hydrogen-bond donors (Lipinski definition) is 3. The molecule has 0 bridgehead atoms. The number of likely N-dealkylation sites (tertiary alicyclic amines) is 1. The molecule has 1 amide bonds. The van der Waals surface area contributed by atoms with Gasteiger partial charge >= 0.3 is 6.09 Å². The van der Waals surface area contributed by atoms with Gasteiger partial charge in [-0.25, -0.2) is 14.8 Å². The Kier molecular flexibility index (Phi) is 10.4. The number of nitrogens with zero attached hydrogens (tertiary/aromatic N) is 5. The molecule has 3 N–H and O–H groups in total. The van der Waals surface area contributed by atoms with Crippen molar-refractivity contribution in [3.63, 3.8) is 0 Å². The second-order valence-electron chi connectivity index (χ2n) is 14.1. The van der Waals surface area contributed by atoms with Crippen LogP contribution in [0.3, 0.4) is 0 Å². The van der Waals surface area contributed by atoms with Crippen LogP contribution in [0.25, 0.3) is 0 Å². The minimum absolute atomic E-state index is 0.137. The van der Waals surface area contributed by atoms with E-state index in [1.807, 2.05) is 12.1 Å². The highest BCUT2D eigenvalue weighted by atomic mass is 35.5. The Morgan fingerprint density at radius 3 is 1.92 bits per heavy atom. The fourth-order valence-corrected chi connectivity index (χ4v) is 10.9. The molecule has 5 aliphatic rings. The van der Waals surface area contributed by atoms with E-state index < -0.39 is 22.4 Å². The van der Waals surface area contributed by atoms with E-state index in [2.05, 4.69) is 75.8 Å². The van der Waals surface area contributed by atoms with Gasteiger partial charge in [-0.15, -0.1) is 0 Å². The van der Waals surface area contributed by atoms with Gasteiger partial charge in [0.25, 0.3) is 0 Å². The van der Waals surface area contributed by atoms with Crippen molar-refractivity contribution in [3.8, 4) is 0 Å². The molecule has 4 aromatic rings. The van der Waals surface area contributed by atoms with Crippen LogP contribution < -0.4 is 15.1 Å². The summed E-state index contributed by atoms with van der Waals surface area (Å²) in [6.07, 6.45) is 3.29. The van der Waals surface area contributed by atoms with E-state index in [1.54, 1.807) is 4.90 Å². The van der Waals surface area contributed by atoms with Crippen LogP contribution in [0.2, 0.25) is 5.02 Å². The largest absolute Gasteiger partial charge is 0.453 e. The maximum absolute atomic E-state index is 12.0. The van der Waals surface area contributed by atoms with Crippen LogP contribution in [-0.4, -0.2) is 94.0 Å². The zero-order chi connectivity index (χ0) is 35.8. The predicted molar refractivity (Wildman–Crippen MR) is 211 cm³/mol. The molecule has 13 heteroatoms. The van der Waals surface area contributed by atoms with Crippen LogP contribution in [0.5, 0.6) is 0 Å². The maximum Gasteiger partial charge on any atom is 0.409 e. The Labute approximate surface area is 316 Å². The first-order valence-electron chi connectivity index (χ1n) is 18.1. The molecular formula is C39H45ClN6O4S2+2. The van der Waals surface area contributed by atoms with Crippen LogP contribution >= 0.6 is 11.6 Å². The quantitative estimate of drug-likeness (QED) is 0.185. The van der Waals surface area contributed by atoms with Gasteiger partial charge in [-0.2, -0.15) is 9.11 Å².